The maximum atomic E-state index is 11.2. The summed E-state index contributed by atoms with van der Waals surface area (Å²) in [4.78, 5) is 11.2. The summed E-state index contributed by atoms with van der Waals surface area (Å²) >= 11 is 0. The van der Waals surface area contributed by atoms with Crippen LogP contribution >= 0.6 is 0 Å². The number of rotatable bonds is 8. The Hall–Kier alpha value is -2.37. The van der Waals surface area contributed by atoms with Crippen LogP contribution in [0.1, 0.15) is 36.5 Å². The number of carbonyl (C=O) groups is 1. The number of ether oxygens (including phenoxy) is 1. The number of benzene rings is 1. The number of para-hydroxylation sites is 1. The molecule has 2 rings (SSSR count). The Bertz CT molecular complexity index is 608. The van der Waals surface area contributed by atoms with Crippen LogP contribution < -0.4 is 4.74 Å². The highest BCUT2D eigenvalue weighted by atomic mass is 16.5. The van der Waals surface area contributed by atoms with Gasteiger partial charge in [0.25, 0.3) is 0 Å². The molecule has 0 aliphatic rings. The van der Waals surface area contributed by atoms with E-state index in [1.165, 1.54) is 0 Å². The van der Waals surface area contributed by atoms with Crippen LogP contribution in [0.5, 0.6) is 5.75 Å². The van der Waals surface area contributed by atoms with Crippen LogP contribution in [0.4, 0.5) is 0 Å². The van der Waals surface area contributed by atoms with Crippen molar-refractivity contribution in [3.63, 3.8) is 0 Å². The highest BCUT2D eigenvalue weighted by molar-refractivity contribution is 5.86. The standard InChI is InChI=1S/C16H21N3O3/c1-12(2)11-19-14(15(16(20)21)17-18-19)9-6-10-22-13-7-4-3-5-8-13/h3-5,7-8,12H,6,9-11H2,1-2H3,(H,20,21). The molecule has 0 unspecified atom stereocenters. The average molecular weight is 303 g/mol. The predicted octanol–water partition coefficient (Wildman–Crippen LogP) is 2.64. The molecule has 118 valence electrons. The van der Waals surface area contributed by atoms with Crippen LogP contribution in [0.25, 0.3) is 0 Å². The molecule has 0 radical (unpaired) electrons. The zero-order chi connectivity index (χ0) is 15.9. The van der Waals surface area contributed by atoms with Crippen LogP contribution in [0.2, 0.25) is 0 Å². The molecule has 1 heterocycles. The summed E-state index contributed by atoms with van der Waals surface area (Å²) in [6.45, 7) is 5.31. The third kappa shape index (κ3) is 4.31. The Morgan fingerprint density at radius 1 is 1.32 bits per heavy atom. The molecule has 0 fully saturated rings. The van der Waals surface area contributed by atoms with E-state index < -0.39 is 5.97 Å². The van der Waals surface area contributed by atoms with Gasteiger partial charge in [0.15, 0.2) is 5.69 Å². The van der Waals surface area contributed by atoms with E-state index in [0.717, 1.165) is 5.75 Å². The van der Waals surface area contributed by atoms with Crippen molar-refractivity contribution in [3.8, 4) is 5.75 Å². The van der Waals surface area contributed by atoms with Crippen molar-refractivity contribution in [2.45, 2.75) is 33.2 Å². The van der Waals surface area contributed by atoms with E-state index in [1.807, 2.05) is 30.3 Å². The summed E-state index contributed by atoms with van der Waals surface area (Å²) in [6.07, 6.45) is 1.29. The number of aromatic carboxylic acids is 1. The van der Waals surface area contributed by atoms with Crippen molar-refractivity contribution in [2.75, 3.05) is 6.61 Å². The minimum atomic E-state index is -1.03. The Kier molecular flexibility index (Phi) is 5.52. The van der Waals surface area contributed by atoms with E-state index in [2.05, 4.69) is 24.2 Å². The number of carboxylic acid groups (broad SMARTS) is 1. The minimum absolute atomic E-state index is 0.0420. The zero-order valence-corrected chi connectivity index (χ0v) is 12.9. The lowest BCUT2D eigenvalue weighted by Gasteiger charge is -2.10. The Balaban J connectivity index is 1.95. The van der Waals surface area contributed by atoms with Gasteiger partial charge in [-0.05, 0) is 30.9 Å². The first-order valence-corrected chi connectivity index (χ1v) is 7.41. The molecule has 1 aromatic heterocycles. The fourth-order valence-corrected chi connectivity index (χ4v) is 2.19. The monoisotopic (exact) mass is 303 g/mol. The van der Waals surface area contributed by atoms with Gasteiger partial charge in [0.2, 0.25) is 0 Å². The first-order valence-electron chi connectivity index (χ1n) is 7.41. The number of hydrogen-bond donors (Lipinski definition) is 1. The van der Waals surface area contributed by atoms with Gasteiger partial charge < -0.3 is 9.84 Å². The maximum Gasteiger partial charge on any atom is 0.358 e. The maximum absolute atomic E-state index is 11.2. The summed E-state index contributed by atoms with van der Waals surface area (Å²) in [7, 11) is 0. The quantitative estimate of drug-likeness (QED) is 0.759. The molecule has 0 atom stereocenters. The third-order valence-electron chi connectivity index (χ3n) is 3.15. The van der Waals surface area contributed by atoms with E-state index in [0.29, 0.717) is 37.6 Å². The Labute approximate surface area is 129 Å². The summed E-state index contributed by atoms with van der Waals surface area (Å²) < 4.78 is 7.32. The molecule has 0 amide bonds. The van der Waals surface area contributed by atoms with Gasteiger partial charge in [0.1, 0.15) is 5.75 Å². The topological polar surface area (TPSA) is 77.2 Å². The largest absolute Gasteiger partial charge is 0.494 e. The summed E-state index contributed by atoms with van der Waals surface area (Å²) in [5.74, 6) is 0.159. The van der Waals surface area contributed by atoms with E-state index in [4.69, 9.17) is 4.74 Å². The summed E-state index contributed by atoms with van der Waals surface area (Å²) in [6, 6.07) is 9.56. The van der Waals surface area contributed by atoms with Gasteiger partial charge >= 0.3 is 5.97 Å². The van der Waals surface area contributed by atoms with Crippen LogP contribution in [0.3, 0.4) is 0 Å². The first-order chi connectivity index (χ1) is 10.6. The van der Waals surface area contributed by atoms with Gasteiger partial charge in [-0.2, -0.15) is 0 Å². The van der Waals surface area contributed by atoms with Crippen molar-refractivity contribution in [1.82, 2.24) is 15.0 Å². The van der Waals surface area contributed by atoms with E-state index in [9.17, 15) is 9.90 Å². The SMILES string of the molecule is CC(C)Cn1nnc(C(=O)O)c1CCCOc1ccccc1. The second-order valence-electron chi connectivity index (χ2n) is 5.53. The molecule has 1 N–H and O–H groups in total. The molecule has 22 heavy (non-hydrogen) atoms. The Morgan fingerprint density at radius 3 is 2.68 bits per heavy atom. The second kappa shape index (κ2) is 7.59. The molecule has 6 heteroatoms. The van der Waals surface area contributed by atoms with Crippen LogP contribution in [0, 0.1) is 5.92 Å². The van der Waals surface area contributed by atoms with Crippen molar-refractivity contribution < 1.29 is 14.6 Å². The molecule has 6 nitrogen and oxygen atoms in total. The second-order valence-corrected chi connectivity index (χ2v) is 5.53. The smallest absolute Gasteiger partial charge is 0.358 e. The first kappa shape index (κ1) is 16.0. The summed E-state index contributed by atoms with van der Waals surface area (Å²) in [5, 5.41) is 16.9. The van der Waals surface area contributed by atoms with Crippen molar-refractivity contribution in [1.29, 1.82) is 0 Å². The minimum Gasteiger partial charge on any atom is -0.494 e. The highest BCUT2D eigenvalue weighted by Crippen LogP contribution is 2.13. The fraction of sp³-hybridized carbons (Fsp3) is 0.438. The van der Waals surface area contributed by atoms with Gasteiger partial charge in [-0.3, -0.25) is 0 Å². The summed E-state index contributed by atoms with van der Waals surface area (Å²) in [5.41, 5.74) is 0.707. The number of nitrogens with zero attached hydrogens (tertiary/aromatic N) is 3. The zero-order valence-electron chi connectivity index (χ0n) is 12.9. The molecule has 2 aromatic rings. The third-order valence-corrected chi connectivity index (χ3v) is 3.15. The molecule has 1 aromatic carbocycles. The lowest BCUT2D eigenvalue weighted by Crippen LogP contribution is -2.13. The van der Waals surface area contributed by atoms with Gasteiger partial charge in [-0.25, -0.2) is 9.48 Å². The van der Waals surface area contributed by atoms with Crippen LogP contribution in [0.15, 0.2) is 30.3 Å². The van der Waals surface area contributed by atoms with Crippen LogP contribution in [-0.4, -0.2) is 32.7 Å². The van der Waals surface area contributed by atoms with Gasteiger partial charge in [-0.15, -0.1) is 5.10 Å². The molecular formula is C16H21N3O3. The van der Waals surface area contributed by atoms with Gasteiger partial charge in [0, 0.05) is 6.54 Å². The van der Waals surface area contributed by atoms with Crippen molar-refractivity contribution in [3.05, 3.63) is 41.7 Å². The molecule has 0 spiro atoms. The van der Waals surface area contributed by atoms with E-state index in [-0.39, 0.29) is 5.69 Å². The van der Waals surface area contributed by atoms with Crippen molar-refractivity contribution >= 4 is 5.97 Å². The average Bonchev–Trinajstić information content (AvgIpc) is 2.87. The Morgan fingerprint density at radius 2 is 2.05 bits per heavy atom. The molecule has 0 saturated carbocycles. The van der Waals surface area contributed by atoms with Gasteiger partial charge in [0.05, 0.1) is 12.3 Å². The van der Waals surface area contributed by atoms with Gasteiger partial charge in [-0.1, -0.05) is 37.3 Å². The molecule has 0 bridgehead atoms. The predicted molar refractivity (Wildman–Crippen MR) is 82.1 cm³/mol. The van der Waals surface area contributed by atoms with E-state index >= 15 is 0 Å². The van der Waals surface area contributed by atoms with Crippen molar-refractivity contribution in [2.24, 2.45) is 5.92 Å². The number of hydrogen-bond acceptors (Lipinski definition) is 4. The number of carboxylic acids is 1. The lowest BCUT2D eigenvalue weighted by molar-refractivity contribution is 0.0689. The van der Waals surface area contributed by atoms with E-state index in [1.54, 1.807) is 4.68 Å². The molecule has 0 aliphatic heterocycles. The molecular weight excluding hydrogens is 282 g/mol. The fourth-order valence-electron chi connectivity index (χ4n) is 2.19. The molecule has 0 aliphatic carbocycles. The lowest BCUT2D eigenvalue weighted by atomic mass is 10.1. The normalized spacial score (nSPS) is 10.9. The molecule has 0 saturated heterocycles. The number of aromatic nitrogens is 3. The highest BCUT2D eigenvalue weighted by Gasteiger charge is 2.19. The van der Waals surface area contributed by atoms with Crippen LogP contribution in [-0.2, 0) is 13.0 Å².